The maximum absolute atomic E-state index is 9.86. The van der Waals surface area contributed by atoms with E-state index >= 15 is 0 Å². The lowest BCUT2D eigenvalue weighted by Crippen LogP contribution is -1.96. The third-order valence-electron chi connectivity index (χ3n) is 4.02. The molecule has 0 aliphatic rings. The summed E-state index contributed by atoms with van der Waals surface area (Å²) in [6.45, 7) is 0. The molecule has 25 heavy (non-hydrogen) atoms. The number of anilines is 2. The van der Waals surface area contributed by atoms with Gasteiger partial charge in [0.05, 0.1) is 7.11 Å². The summed E-state index contributed by atoms with van der Waals surface area (Å²) in [5.41, 5.74) is 3.45. The fraction of sp³-hybridized carbons (Fsp3) is 0.0500. The Morgan fingerprint density at radius 3 is 2.60 bits per heavy atom. The van der Waals surface area contributed by atoms with Crippen molar-refractivity contribution in [2.24, 2.45) is 0 Å². The molecule has 0 unspecified atom stereocenters. The highest BCUT2D eigenvalue weighted by atomic mass is 16.5. The number of para-hydroxylation sites is 1. The van der Waals surface area contributed by atoms with Gasteiger partial charge in [0, 0.05) is 17.4 Å². The summed E-state index contributed by atoms with van der Waals surface area (Å²) in [7, 11) is 1.53. The van der Waals surface area contributed by atoms with E-state index in [0.29, 0.717) is 5.75 Å². The van der Waals surface area contributed by atoms with Crippen LogP contribution in [-0.4, -0.2) is 21.6 Å². The molecule has 0 saturated carbocycles. The number of aromatic hydroxyl groups is 1. The average Bonchev–Trinajstić information content (AvgIpc) is 3.02. The number of nitrogens with zero attached hydrogens (tertiary/aromatic N) is 2. The van der Waals surface area contributed by atoms with Crippen LogP contribution in [0, 0.1) is 0 Å². The minimum atomic E-state index is 0.104. The molecule has 5 nitrogen and oxygen atoms in total. The molecule has 0 amide bonds. The van der Waals surface area contributed by atoms with Crippen molar-refractivity contribution >= 4 is 17.2 Å². The number of nitrogens with one attached hydrogen (secondary N) is 1. The van der Waals surface area contributed by atoms with Gasteiger partial charge in [-0.25, -0.2) is 4.98 Å². The van der Waals surface area contributed by atoms with E-state index in [4.69, 9.17) is 9.72 Å². The van der Waals surface area contributed by atoms with Crippen LogP contribution in [0.2, 0.25) is 0 Å². The topological polar surface area (TPSA) is 58.8 Å². The average molecular weight is 331 g/mol. The molecule has 4 rings (SSSR count). The van der Waals surface area contributed by atoms with Crippen LogP contribution in [0.15, 0.2) is 72.9 Å². The monoisotopic (exact) mass is 331 g/mol. The van der Waals surface area contributed by atoms with E-state index in [0.717, 1.165) is 28.4 Å². The minimum absolute atomic E-state index is 0.104. The fourth-order valence-electron chi connectivity index (χ4n) is 2.80. The third-order valence-corrected chi connectivity index (χ3v) is 4.02. The number of hydrogen-bond donors (Lipinski definition) is 2. The van der Waals surface area contributed by atoms with Crippen molar-refractivity contribution in [2.45, 2.75) is 0 Å². The molecule has 0 atom stereocenters. The minimum Gasteiger partial charge on any atom is -0.504 e. The molecule has 5 heteroatoms. The van der Waals surface area contributed by atoms with Gasteiger partial charge in [-0.15, -0.1) is 0 Å². The zero-order chi connectivity index (χ0) is 17.2. The van der Waals surface area contributed by atoms with Crippen molar-refractivity contribution in [1.82, 2.24) is 9.38 Å². The van der Waals surface area contributed by atoms with E-state index in [-0.39, 0.29) is 5.75 Å². The molecule has 0 fully saturated rings. The van der Waals surface area contributed by atoms with Crippen LogP contribution >= 0.6 is 0 Å². The van der Waals surface area contributed by atoms with Crippen molar-refractivity contribution in [2.75, 3.05) is 12.4 Å². The van der Waals surface area contributed by atoms with Gasteiger partial charge in [0.25, 0.3) is 0 Å². The molecule has 2 heterocycles. The van der Waals surface area contributed by atoms with Crippen LogP contribution in [0.25, 0.3) is 16.9 Å². The Kier molecular flexibility index (Phi) is 3.74. The van der Waals surface area contributed by atoms with Gasteiger partial charge in [-0.3, -0.25) is 4.40 Å². The summed E-state index contributed by atoms with van der Waals surface area (Å²) in [4.78, 5) is 4.75. The summed E-state index contributed by atoms with van der Waals surface area (Å²) < 4.78 is 7.24. The van der Waals surface area contributed by atoms with Gasteiger partial charge in [-0.1, -0.05) is 24.3 Å². The molecule has 0 aliphatic carbocycles. The maximum atomic E-state index is 9.86. The lowest BCUT2D eigenvalue weighted by Gasteiger charge is -2.10. The number of hydrogen-bond acceptors (Lipinski definition) is 4. The Hall–Kier alpha value is -3.47. The first-order chi connectivity index (χ1) is 12.3. The molecule has 0 aliphatic heterocycles. The molecule has 0 bridgehead atoms. The highest BCUT2D eigenvalue weighted by molar-refractivity contribution is 5.80. The van der Waals surface area contributed by atoms with E-state index in [2.05, 4.69) is 5.32 Å². The molecule has 0 spiro atoms. The summed E-state index contributed by atoms with van der Waals surface area (Å²) in [5, 5.41) is 13.3. The van der Waals surface area contributed by atoms with E-state index < -0.39 is 0 Å². The van der Waals surface area contributed by atoms with Gasteiger partial charge in [0.1, 0.15) is 17.2 Å². The molecule has 2 N–H and O–H groups in total. The van der Waals surface area contributed by atoms with Crippen molar-refractivity contribution in [3.05, 3.63) is 72.9 Å². The van der Waals surface area contributed by atoms with Gasteiger partial charge >= 0.3 is 0 Å². The van der Waals surface area contributed by atoms with Crippen LogP contribution in [0.5, 0.6) is 11.5 Å². The Morgan fingerprint density at radius 2 is 1.80 bits per heavy atom. The first kappa shape index (κ1) is 15.1. The summed E-state index contributed by atoms with van der Waals surface area (Å²) >= 11 is 0. The molecule has 124 valence electrons. The predicted octanol–water partition coefficient (Wildman–Crippen LogP) is 4.46. The number of aromatic nitrogens is 2. The van der Waals surface area contributed by atoms with E-state index in [9.17, 15) is 5.11 Å². The highest BCUT2D eigenvalue weighted by Gasteiger charge is 2.15. The number of methoxy groups -OCH3 is 1. The molecule has 2 aromatic carbocycles. The van der Waals surface area contributed by atoms with Crippen LogP contribution in [0.1, 0.15) is 0 Å². The first-order valence-corrected chi connectivity index (χ1v) is 7.93. The number of pyridine rings is 1. The van der Waals surface area contributed by atoms with Crippen LogP contribution in [-0.2, 0) is 0 Å². The van der Waals surface area contributed by atoms with Gasteiger partial charge in [0.15, 0.2) is 11.5 Å². The van der Waals surface area contributed by atoms with Gasteiger partial charge in [-0.2, -0.15) is 0 Å². The van der Waals surface area contributed by atoms with Crippen LogP contribution in [0.4, 0.5) is 11.5 Å². The largest absolute Gasteiger partial charge is 0.504 e. The fourth-order valence-corrected chi connectivity index (χ4v) is 2.80. The molecule has 4 aromatic rings. The Morgan fingerprint density at radius 1 is 1.00 bits per heavy atom. The molecular formula is C20H17N3O2. The quantitative estimate of drug-likeness (QED) is 0.580. The smallest absolute Gasteiger partial charge is 0.161 e. The Labute approximate surface area is 145 Å². The zero-order valence-electron chi connectivity index (χ0n) is 13.7. The van der Waals surface area contributed by atoms with E-state index in [1.54, 1.807) is 12.1 Å². The van der Waals surface area contributed by atoms with Crippen molar-refractivity contribution in [1.29, 1.82) is 0 Å². The number of benzene rings is 2. The van der Waals surface area contributed by atoms with Gasteiger partial charge in [0.2, 0.25) is 0 Å². The zero-order valence-corrected chi connectivity index (χ0v) is 13.7. The lowest BCUT2D eigenvalue weighted by molar-refractivity contribution is 0.373. The highest BCUT2D eigenvalue weighted by Crippen LogP contribution is 2.35. The SMILES string of the molecule is COc1cc(-c2nc3ccccn3c2Nc2ccccc2)ccc1O. The van der Waals surface area contributed by atoms with Crippen molar-refractivity contribution < 1.29 is 9.84 Å². The van der Waals surface area contributed by atoms with Crippen molar-refractivity contribution in [3.63, 3.8) is 0 Å². The molecule has 2 aromatic heterocycles. The standard InChI is InChI=1S/C20H17N3O2/c1-25-17-13-14(10-11-16(17)24)19-20(21-15-7-3-2-4-8-15)23-12-6-5-9-18(23)22-19/h2-13,21,24H,1H3. The number of ether oxygens (including phenoxy) is 1. The first-order valence-electron chi connectivity index (χ1n) is 7.93. The summed E-state index contributed by atoms with van der Waals surface area (Å²) in [6.07, 6.45) is 1.97. The number of phenols is 1. The predicted molar refractivity (Wildman–Crippen MR) is 98.6 cm³/mol. The normalized spacial score (nSPS) is 10.8. The maximum Gasteiger partial charge on any atom is 0.161 e. The van der Waals surface area contributed by atoms with E-state index in [1.165, 1.54) is 7.11 Å². The summed E-state index contributed by atoms with van der Waals surface area (Å²) in [6, 6.07) is 21.1. The second kappa shape index (κ2) is 6.20. The van der Waals surface area contributed by atoms with Crippen molar-refractivity contribution in [3.8, 4) is 22.8 Å². The molecular weight excluding hydrogens is 314 g/mol. The number of fused-ring (bicyclic) bond motifs is 1. The summed E-state index contributed by atoms with van der Waals surface area (Å²) in [5.74, 6) is 1.38. The van der Waals surface area contributed by atoms with E-state index in [1.807, 2.05) is 65.2 Å². The molecule has 0 saturated heterocycles. The second-order valence-electron chi connectivity index (χ2n) is 5.62. The van der Waals surface area contributed by atoms with Gasteiger partial charge < -0.3 is 15.2 Å². The lowest BCUT2D eigenvalue weighted by atomic mass is 10.1. The third kappa shape index (κ3) is 2.76. The molecule has 0 radical (unpaired) electrons. The van der Waals surface area contributed by atoms with Gasteiger partial charge in [-0.05, 0) is 42.5 Å². The van der Waals surface area contributed by atoms with Crippen LogP contribution in [0.3, 0.4) is 0 Å². The second-order valence-corrected chi connectivity index (χ2v) is 5.62. The Bertz CT molecular complexity index is 1030. The van der Waals surface area contributed by atoms with Crippen LogP contribution < -0.4 is 10.1 Å². The number of rotatable bonds is 4. The Balaban J connectivity index is 1.90. The number of imidazole rings is 1. The number of phenolic OH excluding ortho intramolecular Hbond substituents is 1.